The van der Waals surface area contributed by atoms with E-state index in [4.69, 9.17) is 9.15 Å². The van der Waals surface area contributed by atoms with Crippen molar-refractivity contribution in [3.8, 4) is 17.2 Å². The Morgan fingerprint density at radius 3 is 2.62 bits per heavy atom. The molecule has 2 aromatic heterocycles. The first-order valence-corrected chi connectivity index (χ1v) is 14.6. The normalized spacial score (nSPS) is 12.1. The summed E-state index contributed by atoms with van der Waals surface area (Å²) in [4.78, 5) is 28.8. The van der Waals surface area contributed by atoms with E-state index in [9.17, 15) is 9.59 Å². The fraction of sp³-hybridized carbons (Fsp3) is 0.333. The third kappa shape index (κ3) is 4.77. The van der Waals surface area contributed by atoms with Crippen LogP contribution in [0, 0.1) is 5.82 Å². The summed E-state index contributed by atoms with van der Waals surface area (Å²) in [6.45, 7) is 4.01. The Balaban J connectivity index is 1.54. The number of carbonyl (C=O) groups excluding carboxylic acids is 1. The molecule has 0 saturated heterocycles. The average Bonchev–Trinajstić information content (AvgIpc) is 3.34. The first kappa shape index (κ1) is 27.8. The van der Waals surface area contributed by atoms with Gasteiger partial charge in [0, 0.05) is 43.2 Å². The second-order valence-corrected chi connectivity index (χ2v) is 10.9. The highest BCUT2D eigenvalue weighted by Crippen LogP contribution is 2.48. The summed E-state index contributed by atoms with van der Waals surface area (Å²) in [7, 11) is 3.71. The number of amides is 1. The number of aromatic nitrogens is 1. The minimum atomic E-state index is -0.567. The molecule has 0 fully saturated rings. The van der Waals surface area contributed by atoms with Crippen LogP contribution < -0.4 is 25.7 Å². The number of furan rings is 1. The number of fused-ring (bicyclic) bond motifs is 5. The first-order valence-electron chi connectivity index (χ1n) is 14.6. The van der Waals surface area contributed by atoms with E-state index < -0.39 is 17.2 Å². The quantitative estimate of drug-likeness (QED) is 0.173. The zero-order valence-corrected chi connectivity index (χ0v) is 24.2. The van der Waals surface area contributed by atoms with Crippen molar-refractivity contribution in [1.29, 1.82) is 0 Å². The fourth-order valence-corrected chi connectivity index (χ4v) is 5.78. The molecule has 0 aliphatic carbocycles. The molecule has 0 unspecified atom stereocenters. The second-order valence-electron chi connectivity index (χ2n) is 10.9. The molecule has 0 saturated carbocycles. The van der Waals surface area contributed by atoms with E-state index in [0.717, 1.165) is 55.0 Å². The minimum absolute atomic E-state index is 0.0527. The molecule has 0 radical (unpaired) electrons. The van der Waals surface area contributed by atoms with Gasteiger partial charge in [-0.15, -0.1) is 0 Å². The number of nitrogens with one attached hydrogen (secondary N) is 2. The van der Waals surface area contributed by atoms with Gasteiger partial charge in [-0.2, -0.15) is 0 Å². The molecule has 9 heteroatoms. The van der Waals surface area contributed by atoms with Gasteiger partial charge >= 0.3 is 0 Å². The van der Waals surface area contributed by atoms with Crippen molar-refractivity contribution < 1.29 is 18.3 Å². The van der Waals surface area contributed by atoms with Gasteiger partial charge in [-0.05, 0) is 51.1 Å². The van der Waals surface area contributed by atoms with Crippen LogP contribution >= 0.6 is 0 Å². The average molecular weight is 571 g/mol. The van der Waals surface area contributed by atoms with Crippen molar-refractivity contribution in [3.05, 3.63) is 70.3 Å². The number of pyridine rings is 1. The Morgan fingerprint density at radius 1 is 1.00 bits per heavy atom. The molecule has 1 aliphatic heterocycles. The van der Waals surface area contributed by atoms with Crippen LogP contribution in [0.1, 0.15) is 49.4 Å². The summed E-state index contributed by atoms with van der Waals surface area (Å²) in [6.07, 6.45) is 6.15. The number of rotatable bonds is 11. The Labute approximate surface area is 243 Å². The molecule has 0 atom stereocenters. The fourth-order valence-electron chi connectivity index (χ4n) is 5.78. The standard InChI is InChI=1S/C33H35FN4O4/c1-4-5-10-15-37(3)30-24(34)16-22-29-32(30)42-28-17-21-20-11-6-7-12-26(20)41-27(21)18-25(28)38(29)19-23(31(22)39)33(40)36-14-9-8-13-35-2/h6-7,11-12,16-19,35H,4-5,8-10,13-15H2,1-3H3,(H,36,40). The number of benzene rings is 3. The van der Waals surface area contributed by atoms with E-state index in [-0.39, 0.29) is 22.4 Å². The Kier molecular flexibility index (Phi) is 7.60. The maximum Gasteiger partial charge on any atom is 0.256 e. The highest BCUT2D eigenvalue weighted by molar-refractivity contribution is 6.07. The van der Waals surface area contributed by atoms with Crippen LogP contribution in [0.5, 0.6) is 11.5 Å². The monoisotopic (exact) mass is 570 g/mol. The van der Waals surface area contributed by atoms with Crippen LogP contribution in [0.15, 0.2) is 57.9 Å². The summed E-state index contributed by atoms with van der Waals surface area (Å²) in [5.41, 5.74) is 2.10. The second kappa shape index (κ2) is 11.5. The number of unbranched alkanes of at least 4 members (excludes halogenated alkanes) is 3. The zero-order chi connectivity index (χ0) is 29.4. The number of ether oxygens (including phenoxy) is 1. The lowest BCUT2D eigenvalue weighted by molar-refractivity contribution is 0.0951. The number of para-hydroxylation sites is 1. The number of hydrogen-bond acceptors (Lipinski definition) is 6. The molecule has 218 valence electrons. The molecular formula is C33H35FN4O4. The van der Waals surface area contributed by atoms with Crippen molar-refractivity contribution in [2.24, 2.45) is 0 Å². The molecule has 3 heterocycles. The van der Waals surface area contributed by atoms with Crippen molar-refractivity contribution in [2.75, 3.05) is 38.6 Å². The number of halogens is 1. The van der Waals surface area contributed by atoms with Gasteiger partial charge in [0.15, 0.2) is 17.3 Å². The SMILES string of the molecule is CCCCCN(C)c1c(F)cc2c(=O)c(C(=O)NCCCCNC)cn3c2c1Oc1cc2c(cc1-3)oc1ccccc12. The lowest BCUT2D eigenvalue weighted by atomic mass is 10.0. The van der Waals surface area contributed by atoms with Gasteiger partial charge in [-0.1, -0.05) is 38.0 Å². The summed E-state index contributed by atoms with van der Waals surface area (Å²) in [5, 5.41) is 7.82. The Morgan fingerprint density at radius 2 is 1.81 bits per heavy atom. The molecular weight excluding hydrogens is 535 g/mol. The molecule has 8 nitrogen and oxygen atoms in total. The summed E-state index contributed by atoms with van der Waals surface area (Å²) in [6, 6.07) is 12.7. The van der Waals surface area contributed by atoms with Crippen LogP contribution in [0.4, 0.5) is 10.1 Å². The van der Waals surface area contributed by atoms with Gasteiger partial charge < -0.3 is 29.3 Å². The number of carbonyl (C=O) groups is 1. The molecule has 1 amide bonds. The molecule has 0 spiro atoms. The van der Waals surface area contributed by atoms with Crippen molar-refractivity contribution in [1.82, 2.24) is 15.2 Å². The molecule has 3 aromatic carbocycles. The van der Waals surface area contributed by atoms with Crippen molar-refractivity contribution in [2.45, 2.75) is 39.0 Å². The van der Waals surface area contributed by atoms with Gasteiger partial charge in [0.25, 0.3) is 5.91 Å². The van der Waals surface area contributed by atoms with E-state index in [2.05, 4.69) is 17.6 Å². The van der Waals surface area contributed by atoms with E-state index in [0.29, 0.717) is 35.6 Å². The van der Waals surface area contributed by atoms with Crippen LogP contribution in [-0.4, -0.2) is 44.2 Å². The van der Waals surface area contributed by atoms with Crippen LogP contribution in [0.2, 0.25) is 0 Å². The van der Waals surface area contributed by atoms with Crippen molar-refractivity contribution >= 4 is 44.4 Å². The van der Waals surface area contributed by atoms with Crippen LogP contribution in [0.3, 0.4) is 0 Å². The predicted molar refractivity (Wildman–Crippen MR) is 165 cm³/mol. The van der Waals surface area contributed by atoms with Gasteiger partial charge in [0.2, 0.25) is 5.43 Å². The topological polar surface area (TPSA) is 88.7 Å². The Bertz CT molecular complexity index is 1880. The van der Waals surface area contributed by atoms with E-state index in [1.807, 2.05) is 55.4 Å². The first-order chi connectivity index (χ1) is 20.4. The van der Waals surface area contributed by atoms with Gasteiger partial charge in [0.05, 0.1) is 11.1 Å². The van der Waals surface area contributed by atoms with E-state index in [1.54, 1.807) is 10.8 Å². The van der Waals surface area contributed by atoms with Gasteiger partial charge in [0.1, 0.15) is 27.9 Å². The van der Waals surface area contributed by atoms with E-state index in [1.165, 1.54) is 6.07 Å². The maximum absolute atomic E-state index is 15.9. The van der Waals surface area contributed by atoms with E-state index >= 15 is 4.39 Å². The largest absolute Gasteiger partial charge is 0.456 e. The summed E-state index contributed by atoms with van der Waals surface area (Å²) >= 11 is 0. The highest BCUT2D eigenvalue weighted by atomic mass is 19.1. The van der Waals surface area contributed by atoms with Gasteiger partial charge in [-0.3, -0.25) is 9.59 Å². The lowest BCUT2D eigenvalue weighted by Crippen LogP contribution is -2.31. The minimum Gasteiger partial charge on any atom is -0.456 e. The third-order valence-corrected chi connectivity index (χ3v) is 7.96. The predicted octanol–water partition coefficient (Wildman–Crippen LogP) is 6.49. The number of anilines is 1. The molecule has 42 heavy (non-hydrogen) atoms. The molecule has 1 aliphatic rings. The van der Waals surface area contributed by atoms with Gasteiger partial charge in [-0.25, -0.2) is 4.39 Å². The molecule has 0 bridgehead atoms. The summed E-state index contributed by atoms with van der Waals surface area (Å²) in [5.74, 6) is -0.308. The van der Waals surface area contributed by atoms with Crippen LogP contribution in [-0.2, 0) is 0 Å². The molecule has 2 N–H and O–H groups in total. The third-order valence-electron chi connectivity index (χ3n) is 7.96. The van der Waals surface area contributed by atoms with Crippen LogP contribution in [0.25, 0.3) is 38.5 Å². The summed E-state index contributed by atoms with van der Waals surface area (Å²) < 4.78 is 30.3. The highest BCUT2D eigenvalue weighted by Gasteiger charge is 2.30. The zero-order valence-electron chi connectivity index (χ0n) is 24.2. The molecule has 6 rings (SSSR count). The number of nitrogens with zero attached hydrogens (tertiary/aromatic N) is 2. The smallest absolute Gasteiger partial charge is 0.256 e. The molecule has 5 aromatic rings. The van der Waals surface area contributed by atoms with Crippen molar-refractivity contribution in [3.63, 3.8) is 0 Å². The Hall–Kier alpha value is -4.37. The number of hydrogen-bond donors (Lipinski definition) is 2. The maximum atomic E-state index is 15.9. The lowest BCUT2D eigenvalue weighted by Gasteiger charge is -2.29.